The molecule has 18 heavy (non-hydrogen) atoms. The molecule has 1 aromatic heterocycles. The molecular weight excluding hydrogens is 336 g/mol. The zero-order valence-corrected chi connectivity index (χ0v) is 12.5. The van der Waals surface area contributed by atoms with Crippen LogP contribution in [0.4, 0.5) is 9.52 Å². The SMILES string of the molecule is CCN(c1ccccc1)c1nc2ccccc2[te]1. The van der Waals surface area contributed by atoms with Crippen LogP contribution in [0.25, 0.3) is 8.92 Å². The Morgan fingerprint density at radius 1 is 1.00 bits per heavy atom. The first-order chi connectivity index (χ1) is 8.88. The van der Waals surface area contributed by atoms with Crippen LogP contribution in [-0.2, 0) is 0 Å². The van der Waals surface area contributed by atoms with Gasteiger partial charge in [-0.3, -0.25) is 0 Å². The first-order valence-corrected chi connectivity index (χ1v) is 8.39. The van der Waals surface area contributed by atoms with Gasteiger partial charge in [-0.05, 0) is 0 Å². The quantitative estimate of drug-likeness (QED) is 0.673. The van der Waals surface area contributed by atoms with E-state index in [2.05, 4.69) is 66.4 Å². The molecule has 0 atom stereocenters. The molecule has 0 fully saturated rings. The number of aromatic nitrogens is 1. The zero-order chi connectivity index (χ0) is 12.4. The van der Waals surface area contributed by atoms with Gasteiger partial charge in [0.15, 0.2) is 0 Å². The van der Waals surface area contributed by atoms with Crippen LogP contribution in [-0.4, -0.2) is 32.0 Å². The third kappa shape index (κ3) is 2.16. The molecule has 0 aliphatic rings. The van der Waals surface area contributed by atoms with Crippen LogP contribution in [0.1, 0.15) is 6.92 Å². The van der Waals surface area contributed by atoms with Gasteiger partial charge in [-0.2, -0.15) is 0 Å². The number of benzene rings is 2. The van der Waals surface area contributed by atoms with Gasteiger partial charge in [0.05, 0.1) is 0 Å². The molecule has 1 heterocycles. The third-order valence-corrected chi connectivity index (χ3v) is 5.92. The van der Waals surface area contributed by atoms with Crippen molar-refractivity contribution in [2.75, 3.05) is 11.4 Å². The molecule has 0 N–H and O–H groups in total. The Bertz CT molecular complexity index is 613. The van der Waals surface area contributed by atoms with Gasteiger partial charge in [-0.1, -0.05) is 0 Å². The summed E-state index contributed by atoms with van der Waals surface area (Å²) in [4.78, 5) is 7.14. The molecule has 0 aliphatic heterocycles. The van der Waals surface area contributed by atoms with Gasteiger partial charge in [-0.15, -0.1) is 0 Å². The number of fused-ring (bicyclic) bond motifs is 1. The summed E-state index contributed by atoms with van der Waals surface area (Å²) in [5, 5.41) is 0. The molecule has 0 bridgehead atoms. The Labute approximate surface area is 117 Å². The van der Waals surface area contributed by atoms with Crippen molar-refractivity contribution >= 4 is 38.9 Å². The summed E-state index contributed by atoms with van der Waals surface area (Å²) in [6.45, 7) is 3.16. The summed E-state index contributed by atoms with van der Waals surface area (Å²) in [6.07, 6.45) is 0. The maximum absolute atomic E-state index is 4.80. The predicted octanol–water partition coefficient (Wildman–Crippen LogP) is 3.45. The van der Waals surface area contributed by atoms with Crippen LogP contribution < -0.4 is 4.90 Å². The monoisotopic (exact) mass is 352 g/mol. The predicted molar refractivity (Wildman–Crippen MR) is 77.8 cm³/mol. The Hall–Kier alpha value is -1.30. The van der Waals surface area contributed by atoms with Crippen LogP contribution in [0.15, 0.2) is 54.6 Å². The van der Waals surface area contributed by atoms with Crippen molar-refractivity contribution in [3.8, 4) is 0 Å². The molecule has 90 valence electrons. The fraction of sp³-hybridized carbons (Fsp3) is 0.133. The first-order valence-electron chi connectivity index (χ1n) is 6.06. The summed E-state index contributed by atoms with van der Waals surface area (Å²) in [6, 6.07) is 19.0. The van der Waals surface area contributed by atoms with Gasteiger partial charge in [0.2, 0.25) is 0 Å². The fourth-order valence-corrected chi connectivity index (χ4v) is 5.01. The normalized spacial score (nSPS) is 10.7. The van der Waals surface area contributed by atoms with Crippen molar-refractivity contribution < 1.29 is 0 Å². The molecule has 3 aromatic rings. The summed E-state index contributed by atoms with van der Waals surface area (Å²) >= 11 is -0.334. The molecule has 0 saturated heterocycles. The van der Waals surface area contributed by atoms with E-state index in [4.69, 9.17) is 4.98 Å². The topological polar surface area (TPSA) is 16.1 Å². The molecule has 2 nitrogen and oxygen atoms in total. The zero-order valence-electron chi connectivity index (χ0n) is 10.2. The summed E-state index contributed by atoms with van der Waals surface area (Å²) < 4.78 is 2.72. The van der Waals surface area contributed by atoms with E-state index in [1.807, 2.05) is 0 Å². The van der Waals surface area contributed by atoms with Gasteiger partial charge in [0.1, 0.15) is 0 Å². The van der Waals surface area contributed by atoms with Gasteiger partial charge in [0.25, 0.3) is 0 Å². The Balaban J connectivity index is 2.06. The Morgan fingerprint density at radius 3 is 2.44 bits per heavy atom. The van der Waals surface area contributed by atoms with E-state index in [-0.39, 0.29) is 20.4 Å². The van der Waals surface area contributed by atoms with E-state index >= 15 is 0 Å². The summed E-state index contributed by atoms with van der Waals surface area (Å²) in [7, 11) is 0. The number of hydrogen-bond acceptors (Lipinski definition) is 2. The van der Waals surface area contributed by atoms with Crippen molar-refractivity contribution in [3.05, 3.63) is 54.6 Å². The van der Waals surface area contributed by atoms with Crippen molar-refractivity contribution in [2.24, 2.45) is 0 Å². The average molecular weight is 350 g/mol. The molecule has 0 amide bonds. The second-order valence-corrected chi connectivity index (χ2v) is 6.92. The molecule has 0 spiro atoms. The molecule has 3 heteroatoms. The number of anilines is 2. The van der Waals surface area contributed by atoms with Crippen molar-refractivity contribution in [1.29, 1.82) is 0 Å². The number of hydrogen-bond donors (Lipinski definition) is 0. The van der Waals surface area contributed by atoms with Gasteiger partial charge in [-0.25, -0.2) is 0 Å². The average Bonchev–Trinajstić information content (AvgIpc) is 2.84. The Kier molecular flexibility index (Phi) is 3.36. The molecule has 0 aliphatic carbocycles. The van der Waals surface area contributed by atoms with Crippen LogP contribution in [0.3, 0.4) is 0 Å². The molecule has 0 unspecified atom stereocenters. The number of para-hydroxylation sites is 2. The minimum absolute atomic E-state index is 0.334. The second-order valence-electron chi connectivity index (χ2n) is 4.04. The molecule has 2 aromatic carbocycles. The molecular formula is C15H14N2Te. The van der Waals surface area contributed by atoms with Crippen molar-refractivity contribution in [2.45, 2.75) is 6.92 Å². The number of rotatable bonds is 3. The number of nitrogens with zero attached hydrogens (tertiary/aromatic N) is 2. The molecule has 3 rings (SSSR count). The molecule has 0 radical (unpaired) electrons. The maximum atomic E-state index is 4.80. The first kappa shape index (κ1) is 11.8. The Morgan fingerprint density at radius 2 is 1.72 bits per heavy atom. The summed E-state index contributed by atoms with van der Waals surface area (Å²) in [5.41, 5.74) is 2.42. The standard InChI is InChI=1S/C15H14N2Te/c1-2-17(12-8-4-3-5-9-12)15-16-13-10-6-7-11-14(13)18-15/h3-11H,2H2,1H3. The fourth-order valence-electron chi connectivity index (χ4n) is 2.01. The van der Waals surface area contributed by atoms with Crippen molar-refractivity contribution in [1.82, 2.24) is 4.98 Å². The van der Waals surface area contributed by atoms with E-state index in [0.29, 0.717) is 0 Å². The van der Waals surface area contributed by atoms with Gasteiger partial charge in [0, 0.05) is 0 Å². The van der Waals surface area contributed by atoms with E-state index in [9.17, 15) is 0 Å². The summed E-state index contributed by atoms with van der Waals surface area (Å²) in [5.74, 6) is 0. The van der Waals surface area contributed by atoms with E-state index in [1.165, 1.54) is 18.4 Å². The minimum atomic E-state index is -0.334. The van der Waals surface area contributed by atoms with E-state index < -0.39 is 0 Å². The van der Waals surface area contributed by atoms with E-state index in [0.717, 1.165) is 6.54 Å². The van der Waals surface area contributed by atoms with Crippen LogP contribution >= 0.6 is 0 Å². The third-order valence-electron chi connectivity index (χ3n) is 2.90. The van der Waals surface area contributed by atoms with Gasteiger partial charge >= 0.3 is 117 Å². The van der Waals surface area contributed by atoms with Crippen LogP contribution in [0.2, 0.25) is 0 Å². The van der Waals surface area contributed by atoms with Crippen LogP contribution in [0.5, 0.6) is 0 Å². The van der Waals surface area contributed by atoms with Crippen molar-refractivity contribution in [3.63, 3.8) is 0 Å². The second kappa shape index (κ2) is 5.14. The molecule has 0 saturated carbocycles. The van der Waals surface area contributed by atoms with Gasteiger partial charge < -0.3 is 0 Å². The van der Waals surface area contributed by atoms with E-state index in [1.54, 1.807) is 0 Å². The van der Waals surface area contributed by atoms with Crippen LogP contribution in [0, 0.1) is 0 Å².